The molecule has 1 aliphatic rings. The van der Waals surface area contributed by atoms with Gasteiger partial charge in [0.25, 0.3) is 0 Å². The number of urea groups is 1. The Labute approximate surface area is 230 Å². The first-order valence-corrected chi connectivity index (χ1v) is 12.1. The summed E-state index contributed by atoms with van der Waals surface area (Å²) in [7, 11) is 0. The molecule has 16 heteroatoms. The third kappa shape index (κ3) is 6.53. The van der Waals surface area contributed by atoms with Crippen LogP contribution in [0, 0.1) is 0 Å². The van der Waals surface area contributed by atoms with Gasteiger partial charge in [-0.05, 0) is 18.2 Å². The van der Waals surface area contributed by atoms with Crippen LogP contribution >= 0.6 is 23.2 Å². The van der Waals surface area contributed by atoms with Crippen molar-refractivity contribution in [1.82, 2.24) is 19.5 Å². The molecule has 1 aromatic carbocycles. The maximum Gasteiger partial charge on any atom is 0.324 e. The summed E-state index contributed by atoms with van der Waals surface area (Å²) < 4.78 is 23.3. The van der Waals surface area contributed by atoms with E-state index in [0.29, 0.717) is 10.7 Å². The van der Waals surface area contributed by atoms with Crippen molar-refractivity contribution in [3.8, 4) is 0 Å². The summed E-state index contributed by atoms with van der Waals surface area (Å²) >= 11 is 11.9. The van der Waals surface area contributed by atoms with Gasteiger partial charge in [-0.2, -0.15) is 0 Å². The first kappa shape index (κ1) is 28.0. The molecule has 3 heterocycles. The van der Waals surface area contributed by atoms with Crippen LogP contribution in [0.4, 0.5) is 16.3 Å². The highest BCUT2D eigenvalue weighted by Gasteiger charge is 2.51. The number of aromatic nitrogens is 4. The number of hydrogen-bond acceptors (Lipinski definition) is 11. The van der Waals surface area contributed by atoms with Crippen molar-refractivity contribution in [1.29, 1.82) is 0 Å². The van der Waals surface area contributed by atoms with Crippen molar-refractivity contribution < 1.29 is 38.1 Å². The molecule has 1 fully saturated rings. The Balaban J connectivity index is 1.62. The number of amides is 2. The summed E-state index contributed by atoms with van der Waals surface area (Å²) in [5.74, 6) is -1.85. The van der Waals surface area contributed by atoms with Crippen LogP contribution in [-0.4, -0.2) is 68.4 Å². The van der Waals surface area contributed by atoms with Gasteiger partial charge in [0.15, 0.2) is 35.4 Å². The zero-order valence-corrected chi connectivity index (χ0v) is 22.2. The molecule has 2 N–H and O–H groups in total. The molecular weight excluding hydrogens is 559 g/mol. The van der Waals surface area contributed by atoms with Crippen LogP contribution in [0.3, 0.4) is 0 Å². The van der Waals surface area contributed by atoms with E-state index in [2.05, 4.69) is 25.6 Å². The Kier molecular flexibility index (Phi) is 8.47. The molecule has 0 unspecified atom stereocenters. The van der Waals surface area contributed by atoms with Gasteiger partial charge in [-0.15, -0.1) is 0 Å². The number of carbonyl (C=O) groups excluding carboxylic acids is 4. The lowest BCUT2D eigenvalue weighted by Crippen LogP contribution is -2.40. The third-order valence-corrected chi connectivity index (χ3v) is 6.12. The molecule has 1 saturated heterocycles. The zero-order chi connectivity index (χ0) is 28.3. The molecule has 4 atom stereocenters. The van der Waals surface area contributed by atoms with Crippen molar-refractivity contribution in [3.63, 3.8) is 0 Å². The number of esters is 3. The second kappa shape index (κ2) is 11.8. The van der Waals surface area contributed by atoms with Gasteiger partial charge in [-0.1, -0.05) is 23.2 Å². The first-order valence-electron chi connectivity index (χ1n) is 11.4. The third-order valence-electron chi connectivity index (χ3n) is 5.38. The highest BCUT2D eigenvalue weighted by atomic mass is 35.5. The SMILES string of the molecule is CC(=O)OC[C@H]1O[C@@H](n2cnc3c(NC(=O)Nc4ccc(Cl)c(Cl)c4)ncnc32)[C@H](OC(C)=O)[C@@H]1OC(C)=O. The number of hydrogen-bond donors (Lipinski definition) is 2. The molecule has 0 radical (unpaired) electrons. The van der Waals surface area contributed by atoms with Gasteiger partial charge in [0, 0.05) is 26.5 Å². The predicted octanol–water partition coefficient (Wildman–Crippen LogP) is 3.10. The molecule has 0 aliphatic carbocycles. The van der Waals surface area contributed by atoms with E-state index in [0.717, 1.165) is 0 Å². The summed E-state index contributed by atoms with van der Waals surface area (Å²) in [5.41, 5.74) is 0.766. The smallest absolute Gasteiger partial charge is 0.324 e. The molecule has 1 aliphatic heterocycles. The molecule has 206 valence electrons. The fourth-order valence-corrected chi connectivity index (χ4v) is 4.19. The Morgan fingerprint density at radius 3 is 2.33 bits per heavy atom. The van der Waals surface area contributed by atoms with Crippen LogP contribution in [0.1, 0.15) is 27.0 Å². The van der Waals surface area contributed by atoms with E-state index >= 15 is 0 Å². The monoisotopic (exact) mass is 580 g/mol. The number of ether oxygens (including phenoxy) is 4. The van der Waals surface area contributed by atoms with Gasteiger partial charge >= 0.3 is 23.9 Å². The minimum Gasteiger partial charge on any atom is -0.463 e. The van der Waals surface area contributed by atoms with Crippen LogP contribution in [-0.2, 0) is 33.3 Å². The van der Waals surface area contributed by atoms with E-state index in [1.54, 1.807) is 6.07 Å². The standard InChI is InChI=1S/C23H22Cl2N6O8/c1-10(32)36-7-16-18(37-11(2)33)19(38-12(3)34)22(39-16)31-9-28-17-20(26-8-27-21(17)31)30-23(35)29-13-4-5-14(24)15(25)6-13/h4-6,8-9,16,18-19,22H,7H2,1-3H3,(H2,26,27,29,30,35)/t16-,18-,19-,22-/m1/s1. The maximum absolute atomic E-state index is 12.6. The highest BCUT2D eigenvalue weighted by molar-refractivity contribution is 6.42. The van der Waals surface area contributed by atoms with E-state index in [-0.39, 0.29) is 28.6 Å². The van der Waals surface area contributed by atoms with Crippen molar-refractivity contribution in [2.24, 2.45) is 0 Å². The zero-order valence-electron chi connectivity index (χ0n) is 20.7. The Morgan fingerprint density at radius 2 is 1.67 bits per heavy atom. The lowest BCUT2D eigenvalue weighted by atomic mass is 10.1. The average molecular weight is 581 g/mol. The highest BCUT2D eigenvalue weighted by Crippen LogP contribution is 2.36. The number of carbonyl (C=O) groups is 4. The van der Waals surface area contributed by atoms with E-state index in [9.17, 15) is 19.2 Å². The predicted molar refractivity (Wildman–Crippen MR) is 136 cm³/mol. The van der Waals surface area contributed by atoms with Gasteiger partial charge in [-0.3, -0.25) is 24.3 Å². The average Bonchev–Trinajstić information content (AvgIpc) is 3.42. The second-order valence-corrected chi connectivity index (χ2v) is 9.08. The molecule has 0 saturated carbocycles. The topological polar surface area (TPSA) is 173 Å². The van der Waals surface area contributed by atoms with E-state index < -0.39 is 48.5 Å². The largest absolute Gasteiger partial charge is 0.463 e. The molecular formula is C23H22Cl2N6O8. The fourth-order valence-electron chi connectivity index (χ4n) is 3.89. The molecule has 4 rings (SSSR count). The quantitative estimate of drug-likeness (QED) is 0.310. The van der Waals surface area contributed by atoms with Gasteiger partial charge in [0.05, 0.1) is 16.4 Å². The van der Waals surface area contributed by atoms with E-state index in [1.165, 1.54) is 50.1 Å². The van der Waals surface area contributed by atoms with Crippen LogP contribution in [0.5, 0.6) is 0 Å². The summed E-state index contributed by atoms with van der Waals surface area (Å²) in [6.45, 7) is 3.31. The van der Waals surface area contributed by atoms with Gasteiger partial charge in [0.2, 0.25) is 0 Å². The summed E-state index contributed by atoms with van der Waals surface area (Å²) in [6.07, 6.45) is -1.79. The molecule has 2 amide bonds. The van der Waals surface area contributed by atoms with Gasteiger partial charge < -0.3 is 24.3 Å². The minimum absolute atomic E-state index is 0.0614. The molecule has 14 nitrogen and oxygen atoms in total. The maximum atomic E-state index is 12.6. The molecule has 39 heavy (non-hydrogen) atoms. The fraction of sp³-hybridized carbons (Fsp3) is 0.348. The number of halogens is 2. The van der Waals surface area contributed by atoms with Crippen molar-refractivity contribution in [3.05, 3.63) is 40.9 Å². The minimum atomic E-state index is -1.14. The molecule has 0 spiro atoms. The number of benzene rings is 1. The molecule has 2 aromatic heterocycles. The Morgan fingerprint density at radius 1 is 0.949 bits per heavy atom. The Hall–Kier alpha value is -4.01. The summed E-state index contributed by atoms with van der Waals surface area (Å²) in [4.78, 5) is 60.3. The van der Waals surface area contributed by atoms with E-state index in [1.807, 2.05) is 0 Å². The number of nitrogens with one attached hydrogen (secondary N) is 2. The summed E-state index contributed by atoms with van der Waals surface area (Å²) in [5, 5.41) is 5.78. The number of nitrogens with zero attached hydrogens (tertiary/aromatic N) is 4. The lowest BCUT2D eigenvalue weighted by Gasteiger charge is -2.23. The van der Waals surface area contributed by atoms with Crippen LogP contribution in [0.15, 0.2) is 30.9 Å². The molecule has 0 bridgehead atoms. The van der Waals surface area contributed by atoms with Crippen LogP contribution in [0.2, 0.25) is 10.0 Å². The summed E-state index contributed by atoms with van der Waals surface area (Å²) in [6, 6.07) is 3.93. The number of rotatable bonds is 7. The van der Waals surface area contributed by atoms with Crippen molar-refractivity contribution in [2.75, 3.05) is 17.2 Å². The van der Waals surface area contributed by atoms with Gasteiger partial charge in [0.1, 0.15) is 19.0 Å². The van der Waals surface area contributed by atoms with Crippen LogP contribution in [0.25, 0.3) is 11.2 Å². The Bertz CT molecular complexity index is 1430. The lowest BCUT2D eigenvalue weighted by molar-refractivity contribution is -0.166. The number of imidazole rings is 1. The molecule has 3 aromatic rings. The number of anilines is 2. The first-order chi connectivity index (χ1) is 18.5. The van der Waals surface area contributed by atoms with Gasteiger partial charge in [-0.25, -0.2) is 19.7 Å². The van der Waals surface area contributed by atoms with Crippen molar-refractivity contribution in [2.45, 2.75) is 45.3 Å². The normalized spacial score (nSPS) is 20.3. The van der Waals surface area contributed by atoms with Crippen LogP contribution < -0.4 is 10.6 Å². The second-order valence-electron chi connectivity index (χ2n) is 8.27. The van der Waals surface area contributed by atoms with Crippen molar-refractivity contribution >= 4 is 69.8 Å². The van der Waals surface area contributed by atoms with E-state index in [4.69, 9.17) is 42.1 Å². The number of fused-ring (bicyclic) bond motifs is 1.